The minimum atomic E-state index is -0.354. The van der Waals surface area contributed by atoms with Crippen molar-refractivity contribution in [1.29, 1.82) is 0 Å². The van der Waals surface area contributed by atoms with Gasteiger partial charge in [-0.2, -0.15) is 12.6 Å². The van der Waals surface area contributed by atoms with E-state index >= 15 is 0 Å². The third kappa shape index (κ3) is 4.71. The predicted octanol–water partition coefficient (Wildman–Crippen LogP) is 7.00. The Morgan fingerprint density at radius 2 is 1.32 bits per heavy atom. The van der Waals surface area contributed by atoms with Gasteiger partial charge in [-0.25, -0.2) is 0 Å². The predicted molar refractivity (Wildman–Crippen MR) is 127 cm³/mol. The molecule has 0 atom stereocenters. The van der Waals surface area contributed by atoms with Crippen molar-refractivity contribution in [2.45, 2.75) is 98.2 Å². The van der Waals surface area contributed by atoms with E-state index in [1.54, 1.807) is 0 Å². The fourth-order valence-corrected chi connectivity index (χ4v) is 3.79. The van der Waals surface area contributed by atoms with Crippen LogP contribution in [0.3, 0.4) is 0 Å². The van der Waals surface area contributed by atoms with Crippen molar-refractivity contribution in [2.75, 3.05) is 5.75 Å². The van der Waals surface area contributed by atoms with Crippen LogP contribution in [-0.4, -0.2) is 24.1 Å². The SMILES string of the molecule is CC(C)c1cc(C(C)C)c(C=C(CS)B2OC(C)(C)C(C)(C)O2)c(C(C)C)c1. The summed E-state index contributed by atoms with van der Waals surface area (Å²) in [6, 6.07) is 4.76. The summed E-state index contributed by atoms with van der Waals surface area (Å²) < 4.78 is 12.6. The van der Waals surface area contributed by atoms with E-state index in [0.29, 0.717) is 23.5 Å². The van der Waals surface area contributed by atoms with E-state index in [1.807, 2.05) is 0 Å². The third-order valence-corrected chi connectivity index (χ3v) is 6.61. The second-order valence-electron chi connectivity index (χ2n) is 10.0. The highest BCUT2D eigenvalue weighted by Gasteiger charge is 2.52. The molecule has 2 nitrogen and oxygen atoms in total. The van der Waals surface area contributed by atoms with Crippen LogP contribution in [-0.2, 0) is 9.31 Å². The van der Waals surface area contributed by atoms with Crippen LogP contribution in [0.4, 0.5) is 0 Å². The summed E-state index contributed by atoms with van der Waals surface area (Å²) >= 11 is 4.63. The van der Waals surface area contributed by atoms with Crippen LogP contribution in [0.2, 0.25) is 0 Å². The molecule has 0 aliphatic carbocycles. The molecule has 0 aromatic heterocycles. The average molecular weight is 402 g/mol. The minimum Gasteiger partial charge on any atom is -0.400 e. The van der Waals surface area contributed by atoms with Crippen LogP contribution < -0.4 is 0 Å². The van der Waals surface area contributed by atoms with Crippen molar-refractivity contribution in [3.8, 4) is 0 Å². The Balaban J connectivity index is 2.61. The third-order valence-electron chi connectivity index (χ3n) is 6.25. The van der Waals surface area contributed by atoms with Gasteiger partial charge in [-0.1, -0.05) is 59.8 Å². The molecule has 1 aliphatic heterocycles. The molecule has 1 fully saturated rings. The Bertz CT molecular complexity index is 687. The standard InChI is InChI=1S/C24H39BO2S/c1-15(2)18-11-20(16(3)4)22(21(12-18)17(5)6)13-19(14-28)25-26-23(7,8)24(9,10)27-25/h11-13,15-17,28H,14H2,1-10H3. The monoisotopic (exact) mass is 402 g/mol. The zero-order chi connectivity index (χ0) is 21.4. The van der Waals surface area contributed by atoms with Crippen molar-refractivity contribution >= 4 is 25.8 Å². The van der Waals surface area contributed by atoms with E-state index in [9.17, 15) is 0 Å². The molecular weight excluding hydrogens is 363 g/mol. The van der Waals surface area contributed by atoms with E-state index < -0.39 is 0 Å². The second kappa shape index (κ2) is 8.57. The van der Waals surface area contributed by atoms with Gasteiger partial charge in [0.2, 0.25) is 0 Å². The lowest BCUT2D eigenvalue weighted by molar-refractivity contribution is 0.00578. The van der Waals surface area contributed by atoms with Gasteiger partial charge in [0, 0.05) is 5.75 Å². The van der Waals surface area contributed by atoms with Crippen molar-refractivity contribution < 1.29 is 9.31 Å². The molecule has 0 unspecified atom stereocenters. The molecular formula is C24H39BO2S. The molecule has 1 aliphatic rings. The molecule has 0 bridgehead atoms. The van der Waals surface area contributed by atoms with Crippen molar-refractivity contribution in [3.63, 3.8) is 0 Å². The Morgan fingerprint density at radius 3 is 1.64 bits per heavy atom. The molecule has 0 radical (unpaired) electrons. The molecule has 1 saturated heterocycles. The highest BCUT2D eigenvalue weighted by Crippen LogP contribution is 2.40. The summed E-state index contributed by atoms with van der Waals surface area (Å²) in [4.78, 5) is 0. The van der Waals surface area contributed by atoms with Gasteiger partial charge in [0.25, 0.3) is 0 Å². The molecule has 0 N–H and O–H groups in total. The highest BCUT2D eigenvalue weighted by molar-refractivity contribution is 7.80. The quantitative estimate of drug-likeness (QED) is 0.408. The van der Waals surface area contributed by atoms with Gasteiger partial charge in [-0.3, -0.25) is 0 Å². The highest BCUT2D eigenvalue weighted by atomic mass is 32.1. The molecule has 0 amide bonds. The maximum absolute atomic E-state index is 6.31. The Hall–Kier alpha value is -0.705. The molecule has 4 heteroatoms. The summed E-state index contributed by atoms with van der Waals surface area (Å²) in [7, 11) is -0.354. The fourth-order valence-electron chi connectivity index (χ4n) is 3.55. The van der Waals surface area contributed by atoms with Crippen LogP contribution in [0, 0.1) is 0 Å². The zero-order valence-corrected chi connectivity index (χ0v) is 20.4. The summed E-state index contributed by atoms with van der Waals surface area (Å²) in [5.74, 6) is 2.02. The Labute approximate surface area is 179 Å². The molecule has 156 valence electrons. The van der Waals surface area contributed by atoms with Crippen LogP contribution in [0.1, 0.15) is 109 Å². The van der Waals surface area contributed by atoms with Crippen LogP contribution in [0.5, 0.6) is 0 Å². The molecule has 28 heavy (non-hydrogen) atoms. The van der Waals surface area contributed by atoms with Gasteiger partial charge >= 0.3 is 7.12 Å². The molecule has 2 rings (SSSR count). The number of benzene rings is 1. The van der Waals surface area contributed by atoms with Crippen LogP contribution >= 0.6 is 12.6 Å². The topological polar surface area (TPSA) is 18.5 Å². The normalized spacial score (nSPS) is 19.4. The van der Waals surface area contributed by atoms with Crippen molar-refractivity contribution in [2.24, 2.45) is 0 Å². The molecule has 0 spiro atoms. The number of rotatable bonds is 6. The maximum atomic E-state index is 6.31. The lowest BCUT2D eigenvalue weighted by Gasteiger charge is -2.32. The molecule has 0 saturated carbocycles. The first-order valence-electron chi connectivity index (χ1n) is 10.7. The van der Waals surface area contributed by atoms with Gasteiger partial charge in [-0.15, -0.1) is 0 Å². The molecule has 1 heterocycles. The van der Waals surface area contributed by atoms with Gasteiger partial charge in [-0.05, 0) is 73.2 Å². The zero-order valence-electron chi connectivity index (χ0n) is 19.5. The number of hydrogen-bond donors (Lipinski definition) is 1. The van der Waals surface area contributed by atoms with Gasteiger partial charge < -0.3 is 9.31 Å². The van der Waals surface area contributed by atoms with E-state index in [2.05, 4.69) is 100 Å². The van der Waals surface area contributed by atoms with Gasteiger partial charge in [0.1, 0.15) is 0 Å². The van der Waals surface area contributed by atoms with E-state index in [-0.39, 0.29) is 18.3 Å². The first kappa shape index (κ1) is 23.6. The van der Waals surface area contributed by atoms with Gasteiger partial charge in [0.15, 0.2) is 0 Å². The van der Waals surface area contributed by atoms with E-state index in [1.165, 1.54) is 22.3 Å². The summed E-state index contributed by atoms with van der Waals surface area (Å²) in [5, 5.41) is 0. The fraction of sp³-hybridized carbons (Fsp3) is 0.667. The molecule has 1 aromatic rings. The van der Waals surface area contributed by atoms with Crippen LogP contribution in [0.25, 0.3) is 6.08 Å². The first-order valence-corrected chi connectivity index (χ1v) is 11.3. The lowest BCUT2D eigenvalue weighted by Crippen LogP contribution is -2.41. The summed E-state index contributed by atoms with van der Waals surface area (Å²) in [5.41, 5.74) is 5.91. The van der Waals surface area contributed by atoms with Crippen molar-refractivity contribution in [1.82, 2.24) is 0 Å². The smallest absolute Gasteiger partial charge is 0.400 e. The summed E-state index contributed by atoms with van der Waals surface area (Å²) in [6.07, 6.45) is 2.28. The second-order valence-corrected chi connectivity index (χ2v) is 10.4. The van der Waals surface area contributed by atoms with Crippen molar-refractivity contribution in [3.05, 3.63) is 39.9 Å². The first-order chi connectivity index (χ1) is 12.8. The lowest BCUT2D eigenvalue weighted by atomic mass is 9.76. The molecule has 1 aromatic carbocycles. The van der Waals surface area contributed by atoms with Crippen LogP contribution in [0.15, 0.2) is 17.6 Å². The van der Waals surface area contributed by atoms with E-state index in [4.69, 9.17) is 9.31 Å². The largest absolute Gasteiger partial charge is 0.491 e. The number of hydrogen-bond acceptors (Lipinski definition) is 3. The average Bonchev–Trinajstić information content (AvgIpc) is 2.79. The number of thiol groups is 1. The summed E-state index contributed by atoms with van der Waals surface area (Å²) in [6.45, 7) is 22.0. The minimum absolute atomic E-state index is 0.344. The van der Waals surface area contributed by atoms with E-state index in [0.717, 1.165) is 5.47 Å². The Kier molecular flexibility index (Phi) is 7.22. The van der Waals surface area contributed by atoms with Gasteiger partial charge in [0.05, 0.1) is 11.2 Å². The Morgan fingerprint density at radius 1 is 0.893 bits per heavy atom. The maximum Gasteiger partial charge on any atom is 0.491 e.